The number of fused-ring (bicyclic) bond motifs is 1. The van der Waals surface area contributed by atoms with E-state index in [0.29, 0.717) is 16.5 Å². The lowest BCUT2D eigenvalue weighted by Gasteiger charge is -2.37. The van der Waals surface area contributed by atoms with E-state index in [9.17, 15) is 0 Å². The number of hydrogen-bond acceptors (Lipinski definition) is 6. The zero-order chi connectivity index (χ0) is 21.2. The van der Waals surface area contributed by atoms with Crippen molar-refractivity contribution >= 4 is 34.0 Å². The van der Waals surface area contributed by atoms with Crippen molar-refractivity contribution in [2.24, 2.45) is 0 Å². The number of ether oxygens (including phenoxy) is 1. The largest absolute Gasteiger partial charge is 0.497 e. The highest BCUT2D eigenvalue weighted by atomic mass is 35.5. The number of nitrogens with zero attached hydrogens (tertiary/aromatic N) is 5. The Bertz CT molecular complexity index is 1190. The summed E-state index contributed by atoms with van der Waals surface area (Å²) < 4.78 is 5.27. The van der Waals surface area contributed by atoms with Gasteiger partial charge in [0.1, 0.15) is 17.3 Å². The Kier molecular flexibility index (Phi) is 5.30. The molecule has 2 aromatic heterocycles. The molecule has 0 aliphatic carbocycles. The molecule has 0 N–H and O–H groups in total. The van der Waals surface area contributed by atoms with Crippen LogP contribution in [0.25, 0.3) is 22.4 Å². The van der Waals surface area contributed by atoms with E-state index in [1.807, 2.05) is 42.5 Å². The molecule has 0 spiro atoms. The second-order valence-electron chi connectivity index (χ2n) is 7.42. The van der Waals surface area contributed by atoms with Crippen LogP contribution in [0.5, 0.6) is 5.75 Å². The Balaban J connectivity index is 1.43. The maximum atomic E-state index is 6.01. The van der Waals surface area contributed by atoms with Gasteiger partial charge in [0.2, 0.25) is 0 Å². The second kappa shape index (κ2) is 8.40. The number of halogens is 1. The summed E-state index contributed by atoms with van der Waals surface area (Å²) in [4.78, 5) is 18.8. The summed E-state index contributed by atoms with van der Waals surface area (Å²) in [5.41, 5.74) is 2.84. The molecule has 1 saturated heterocycles. The van der Waals surface area contributed by atoms with Crippen molar-refractivity contribution in [1.29, 1.82) is 0 Å². The molecule has 0 amide bonds. The van der Waals surface area contributed by atoms with Gasteiger partial charge in [-0.05, 0) is 48.5 Å². The van der Waals surface area contributed by atoms with E-state index in [0.717, 1.165) is 48.6 Å². The van der Waals surface area contributed by atoms with Gasteiger partial charge < -0.3 is 14.5 Å². The summed E-state index contributed by atoms with van der Waals surface area (Å²) in [5, 5.41) is 1.65. The molecular weight excluding hydrogens is 410 g/mol. The molecule has 156 valence electrons. The first kappa shape index (κ1) is 19.6. The third-order valence-corrected chi connectivity index (χ3v) is 5.78. The van der Waals surface area contributed by atoms with E-state index >= 15 is 0 Å². The van der Waals surface area contributed by atoms with Crippen molar-refractivity contribution in [3.63, 3.8) is 0 Å². The standard InChI is InChI=1S/C24H22ClN5O/c1-31-19-9-7-18(8-10-19)29-12-14-30(15-13-29)24-20-4-2-3-5-21(20)27-23(28-24)22-11-6-17(25)16-26-22/h2-11,16H,12-15H2,1H3. The molecule has 31 heavy (non-hydrogen) atoms. The number of aromatic nitrogens is 3. The lowest BCUT2D eigenvalue weighted by molar-refractivity contribution is 0.415. The Morgan fingerprint density at radius 2 is 1.58 bits per heavy atom. The Labute approximate surface area is 186 Å². The fourth-order valence-corrected chi connectivity index (χ4v) is 4.00. The summed E-state index contributed by atoms with van der Waals surface area (Å²) in [6.45, 7) is 3.58. The predicted molar refractivity (Wildman–Crippen MR) is 125 cm³/mol. The van der Waals surface area contributed by atoms with E-state index < -0.39 is 0 Å². The smallest absolute Gasteiger partial charge is 0.180 e. The molecule has 3 heterocycles. The molecule has 7 heteroatoms. The zero-order valence-electron chi connectivity index (χ0n) is 17.2. The van der Waals surface area contributed by atoms with Crippen LogP contribution in [0.4, 0.5) is 11.5 Å². The fraction of sp³-hybridized carbons (Fsp3) is 0.208. The van der Waals surface area contributed by atoms with Crippen LogP contribution in [-0.4, -0.2) is 48.2 Å². The molecule has 0 radical (unpaired) electrons. The number of para-hydroxylation sites is 1. The molecule has 1 aliphatic heterocycles. The Hall–Kier alpha value is -3.38. The van der Waals surface area contributed by atoms with E-state index in [-0.39, 0.29) is 0 Å². The zero-order valence-corrected chi connectivity index (χ0v) is 18.0. The molecule has 0 saturated carbocycles. The predicted octanol–water partition coefficient (Wildman–Crippen LogP) is 4.68. The monoisotopic (exact) mass is 431 g/mol. The average molecular weight is 432 g/mol. The maximum Gasteiger partial charge on any atom is 0.180 e. The van der Waals surface area contributed by atoms with Gasteiger partial charge in [0.15, 0.2) is 5.82 Å². The van der Waals surface area contributed by atoms with Crippen molar-refractivity contribution in [3.8, 4) is 17.3 Å². The SMILES string of the molecule is COc1ccc(N2CCN(c3nc(-c4ccc(Cl)cn4)nc4ccccc34)CC2)cc1. The fourth-order valence-electron chi connectivity index (χ4n) is 3.89. The molecule has 1 fully saturated rings. The average Bonchev–Trinajstić information content (AvgIpc) is 2.84. The van der Waals surface area contributed by atoms with Crippen molar-refractivity contribution in [3.05, 3.63) is 71.9 Å². The third kappa shape index (κ3) is 3.99. The number of anilines is 2. The van der Waals surface area contributed by atoms with Gasteiger partial charge >= 0.3 is 0 Å². The highest BCUT2D eigenvalue weighted by Crippen LogP contribution is 2.29. The van der Waals surface area contributed by atoms with Crippen molar-refractivity contribution < 1.29 is 4.74 Å². The van der Waals surface area contributed by atoms with Gasteiger partial charge in [-0.1, -0.05) is 23.7 Å². The molecular formula is C24H22ClN5O. The quantitative estimate of drug-likeness (QED) is 0.467. The first-order valence-corrected chi connectivity index (χ1v) is 10.6. The van der Waals surface area contributed by atoms with Crippen LogP contribution in [0.3, 0.4) is 0 Å². The summed E-state index contributed by atoms with van der Waals surface area (Å²) in [5.74, 6) is 2.44. The normalized spacial score (nSPS) is 14.1. The number of benzene rings is 2. The van der Waals surface area contributed by atoms with Crippen LogP contribution in [-0.2, 0) is 0 Å². The number of hydrogen-bond donors (Lipinski definition) is 0. The molecule has 1 aliphatic rings. The Morgan fingerprint density at radius 1 is 0.839 bits per heavy atom. The highest BCUT2D eigenvalue weighted by molar-refractivity contribution is 6.30. The Morgan fingerprint density at radius 3 is 2.29 bits per heavy atom. The van der Waals surface area contributed by atoms with Crippen LogP contribution in [0.15, 0.2) is 66.9 Å². The number of methoxy groups -OCH3 is 1. The van der Waals surface area contributed by atoms with Crippen LogP contribution in [0, 0.1) is 0 Å². The summed E-state index contributed by atoms with van der Waals surface area (Å²) in [6, 6.07) is 20.0. The molecule has 0 atom stereocenters. The topological polar surface area (TPSA) is 54.4 Å². The van der Waals surface area contributed by atoms with Gasteiger partial charge in [0.25, 0.3) is 0 Å². The van der Waals surface area contributed by atoms with Gasteiger partial charge in [-0.3, -0.25) is 4.98 Å². The van der Waals surface area contributed by atoms with Crippen molar-refractivity contribution in [2.75, 3.05) is 43.1 Å². The van der Waals surface area contributed by atoms with Crippen LogP contribution >= 0.6 is 11.6 Å². The minimum atomic E-state index is 0.597. The second-order valence-corrected chi connectivity index (χ2v) is 7.86. The highest BCUT2D eigenvalue weighted by Gasteiger charge is 2.21. The number of pyridine rings is 1. The number of rotatable bonds is 4. The molecule has 6 nitrogen and oxygen atoms in total. The molecule has 0 bridgehead atoms. The maximum absolute atomic E-state index is 6.01. The first-order valence-electron chi connectivity index (χ1n) is 10.2. The third-order valence-electron chi connectivity index (χ3n) is 5.56. The van der Waals surface area contributed by atoms with E-state index in [1.165, 1.54) is 5.69 Å². The molecule has 2 aromatic carbocycles. The van der Waals surface area contributed by atoms with Crippen molar-refractivity contribution in [2.45, 2.75) is 0 Å². The summed E-state index contributed by atoms with van der Waals surface area (Å²) in [6.07, 6.45) is 1.63. The van der Waals surface area contributed by atoms with Crippen molar-refractivity contribution in [1.82, 2.24) is 15.0 Å². The van der Waals surface area contributed by atoms with Gasteiger partial charge in [-0.25, -0.2) is 9.97 Å². The lowest BCUT2D eigenvalue weighted by atomic mass is 10.2. The van der Waals surface area contributed by atoms with Gasteiger partial charge in [0, 0.05) is 43.4 Å². The van der Waals surface area contributed by atoms with Gasteiger partial charge in [0.05, 0.1) is 17.6 Å². The minimum Gasteiger partial charge on any atom is -0.497 e. The molecule has 0 unspecified atom stereocenters. The van der Waals surface area contributed by atoms with Crippen LogP contribution < -0.4 is 14.5 Å². The summed E-state index contributed by atoms with van der Waals surface area (Å²) >= 11 is 6.01. The van der Waals surface area contributed by atoms with E-state index in [1.54, 1.807) is 13.3 Å². The minimum absolute atomic E-state index is 0.597. The lowest BCUT2D eigenvalue weighted by Crippen LogP contribution is -2.47. The van der Waals surface area contributed by atoms with Crippen LogP contribution in [0.2, 0.25) is 5.02 Å². The number of piperazine rings is 1. The van der Waals surface area contributed by atoms with E-state index in [2.05, 4.69) is 33.0 Å². The van der Waals surface area contributed by atoms with Gasteiger partial charge in [-0.2, -0.15) is 0 Å². The molecule has 4 aromatic rings. The summed E-state index contributed by atoms with van der Waals surface area (Å²) in [7, 11) is 1.69. The first-order chi connectivity index (χ1) is 15.2. The van der Waals surface area contributed by atoms with E-state index in [4.69, 9.17) is 26.3 Å². The van der Waals surface area contributed by atoms with Crippen LogP contribution in [0.1, 0.15) is 0 Å². The van der Waals surface area contributed by atoms with Gasteiger partial charge in [-0.15, -0.1) is 0 Å². The molecule has 5 rings (SSSR count).